The molecule has 0 aliphatic heterocycles. The summed E-state index contributed by atoms with van der Waals surface area (Å²) in [6, 6.07) is 2.72. The molecule has 25 heavy (non-hydrogen) atoms. The van der Waals surface area contributed by atoms with Gasteiger partial charge in [-0.1, -0.05) is 0 Å². The first kappa shape index (κ1) is 20.8. The molecule has 2 aromatic rings. The molecule has 0 spiro atoms. The molecule has 0 aliphatic carbocycles. The maximum atomic E-state index is 11.4. The number of aromatic carboxylic acids is 1. The number of ether oxygens (including phenoxy) is 1. The lowest BCUT2D eigenvalue weighted by atomic mass is 10.3. The van der Waals surface area contributed by atoms with E-state index < -0.39 is 17.5 Å². The molecule has 0 aromatic carbocycles. The zero-order chi connectivity index (χ0) is 19.3. The van der Waals surface area contributed by atoms with Crippen molar-refractivity contribution < 1.29 is 19.4 Å². The number of carboxylic acids is 1. The lowest BCUT2D eigenvalue weighted by molar-refractivity contribution is 0.0597. The highest BCUT2D eigenvalue weighted by atomic mass is 79.9. The number of esters is 1. The standard InChI is InChI=1S/C8H8BrNO3.C7H6BrNO3/c1-10-4-5(9)3-6(7(10)11)8(12)13-2;1-9-3-4(8)2-5(6(9)10)7(11)12/h3-4H,1-2H3;2-3H,1H3,(H,11,12). The molecule has 2 rings (SSSR count). The summed E-state index contributed by atoms with van der Waals surface area (Å²) in [6.45, 7) is 0. The number of nitrogens with zero attached hydrogens (tertiary/aromatic N) is 2. The van der Waals surface area contributed by atoms with Crippen LogP contribution in [0.4, 0.5) is 0 Å². The van der Waals surface area contributed by atoms with E-state index in [9.17, 15) is 19.2 Å². The molecule has 10 heteroatoms. The fraction of sp³-hybridized carbons (Fsp3) is 0.200. The summed E-state index contributed by atoms with van der Waals surface area (Å²) < 4.78 is 8.22. The minimum Gasteiger partial charge on any atom is -0.477 e. The van der Waals surface area contributed by atoms with Crippen molar-refractivity contribution >= 4 is 43.8 Å². The molecule has 0 atom stereocenters. The van der Waals surface area contributed by atoms with E-state index in [2.05, 4.69) is 36.6 Å². The first-order chi connectivity index (χ1) is 11.6. The lowest BCUT2D eigenvalue weighted by Crippen LogP contribution is -2.24. The van der Waals surface area contributed by atoms with Crippen LogP contribution in [0, 0.1) is 0 Å². The van der Waals surface area contributed by atoms with E-state index in [0.717, 1.165) is 0 Å². The average molecular weight is 478 g/mol. The van der Waals surface area contributed by atoms with Gasteiger partial charge in [0.25, 0.3) is 11.1 Å². The van der Waals surface area contributed by atoms with Crippen LogP contribution in [0.2, 0.25) is 0 Å². The predicted octanol–water partition coefficient (Wildman–Crippen LogP) is 1.78. The average Bonchev–Trinajstić information content (AvgIpc) is 2.53. The van der Waals surface area contributed by atoms with Crippen molar-refractivity contribution in [1.29, 1.82) is 0 Å². The smallest absolute Gasteiger partial charge is 0.343 e. The van der Waals surface area contributed by atoms with Crippen molar-refractivity contribution in [3.8, 4) is 0 Å². The first-order valence-electron chi connectivity index (χ1n) is 6.62. The molecule has 0 amide bonds. The van der Waals surface area contributed by atoms with Crippen LogP contribution in [0.5, 0.6) is 0 Å². The molecule has 0 saturated carbocycles. The second-order valence-electron chi connectivity index (χ2n) is 4.77. The maximum Gasteiger partial charge on any atom is 0.343 e. The molecule has 0 radical (unpaired) electrons. The number of hydrogen-bond donors (Lipinski definition) is 1. The van der Waals surface area contributed by atoms with E-state index in [-0.39, 0.29) is 16.7 Å². The van der Waals surface area contributed by atoms with Crippen molar-refractivity contribution in [3.63, 3.8) is 0 Å². The number of methoxy groups -OCH3 is 1. The Morgan fingerprint density at radius 1 is 0.960 bits per heavy atom. The van der Waals surface area contributed by atoms with Gasteiger partial charge in [0.15, 0.2) is 0 Å². The van der Waals surface area contributed by atoms with E-state index in [1.165, 1.54) is 41.6 Å². The van der Waals surface area contributed by atoms with Gasteiger partial charge < -0.3 is 19.0 Å². The Hall–Kier alpha value is -2.20. The molecule has 0 aliphatic rings. The third-order valence-electron chi connectivity index (χ3n) is 2.94. The first-order valence-corrected chi connectivity index (χ1v) is 8.21. The molecular formula is C15H14Br2N2O6. The van der Waals surface area contributed by atoms with Gasteiger partial charge in [-0.25, -0.2) is 9.59 Å². The number of aromatic nitrogens is 2. The Kier molecular flexibility index (Phi) is 7.31. The van der Waals surface area contributed by atoms with E-state index in [4.69, 9.17) is 5.11 Å². The third kappa shape index (κ3) is 5.40. The molecule has 134 valence electrons. The highest BCUT2D eigenvalue weighted by molar-refractivity contribution is 9.10. The van der Waals surface area contributed by atoms with Gasteiger partial charge in [-0.2, -0.15) is 0 Å². The number of carbonyl (C=O) groups is 2. The Balaban J connectivity index is 0.000000251. The van der Waals surface area contributed by atoms with Crippen LogP contribution in [0.1, 0.15) is 20.7 Å². The second-order valence-corrected chi connectivity index (χ2v) is 6.60. The monoisotopic (exact) mass is 476 g/mol. The summed E-state index contributed by atoms with van der Waals surface area (Å²) in [5.74, 6) is -1.83. The number of carboxylic acid groups (broad SMARTS) is 1. The molecule has 0 saturated heterocycles. The maximum absolute atomic E-state index is 11.4. The van der Waals surface area contributed by atoms with Crippen molar-refractivity contribution in [1.82, 2.24) is 9.13 Å². The largest absolute Gasteiger partial charge is 0.477 e. The van der Waals surface area contributed by atoms with Crippen LogP contribution in [0.3, 0.4) is 0 Å². The SMILES string of the molecule is COC(=O)c1cc(Br)cn(C)c1=O.Cn1cc(Br)cc(C(=O)O)c1=O. The van der Waals surface area contributed by atoms with Gasteiger partial charge >= 0.3 is 11.9 Å². The quantitative estimate of drug-likeness (QED) is 0.660. The summed E-state index contributed by atoms with van der Waals surface area (Å²) >= 11 is 6.27. The predicted molar refractivity (Wildman–Crippen MR) is 97.1 cm³/mol. The fourth-order valence-corrected chi connectivity index (χ4v) is 2.82. The van der Waals surface area contributed by atoms with Crippen LogP contribution in [-0.4, -0.2) is 33.3 Å². The van der Waals surface area contributed by atoms with Crippen LogP contribution in [-0.2, 0) is 18.8 Å². The molecule has 2 aromatic heterocycles. The highest BCUT2D eigenvalue weighted by Gasteiger charge is 2.12. The Labute approximate surface area is 158 Å². The fourth-order valence-electron chi connectivity index (χ4n) is 1.75. The van der Waals surface area contributed by atoms with Crippen LogP contribution in [0.25, 0.3) is 0 Å². The summed E-state index contributed by atoms with van der Waals surface area (Å²) in [4.78, 5) is 44.1. The van der Waals surface area contributed by atoms with Gasteiger partial charge in [-0.15, -0.1) is 0 Å². The Bertz CT molecular complexity index is 933. The number of rotatable bonds is 2. The normalized spacial score (nSPS) is 9.80. The highest BCUT2D eigenvalue weighted by Crippen LogP contribution is 2.09. The topological polar surface area (TPSA) is 108 Å². The van der Waals surface area contributed by atoms with Gasteiger partial charge in [-0.05, 0) is 44.0 Å². The number of hydrogen-bond acceptors (Lipinski definition) is 5. The van der Waals surface area contributed by atoms with Crippen molar-refractivity contribution in [2.24, 2.45) is 14.1 Å². The van der Waals surface area contributed by atoms with E-state index >= 15 is 0 Å². The number of halogens is 2. The van der Waals surface area contributed by atoms with Crippen LogP contribution < -0.4 is 11.1 Å². The van der Waals surface area contributed by atoms with E-state index in [1.807, 2.05) is 0 Å². The molecule has 8 nitrogen and oxygen atoms in total. The van der Waals surface area contributed by atoms with Gasteiger partial charge in [0.2, 0.25) is 0 Å². The number of pyridine rings is 2. The lowest BCUT2D eigenvalue weighted by Gasteiger charge is -2.02. The summed E-state index contributed by atoms with van der Waals surface area (Å²) in [5.41, 5.74) is -1.08. The third-order valence-corrected chi connectivity index (χ3v) is 3.80. The summed E-state index contributed by atoms with van der Waals surface area (Å²) in [5, 5.41) is 8.58. The zero-order valence-electron chi connectivity index (χ0n) is 13.4. The Morgan fingerprint density at radius 2 is 1.36 bits per heavy atom. The van der Waals surface area contributed by atoms with Gasteiger partial charge in [0.05, 0.1) is 7.11 Å². The molecule has 1 N–H and O–H groups in total. The summed E-state index contributed by atoms with van der Waals surface area (Å²) in [7, 11) is 4.31. The molecule has 0 fully saturated rings. The molecule has 0 bridgehead atoms. The summed E-state index contributed by atoms with van der Waals surface area (Å²) in [6.07, 6.45) is 3.09. The van der Waals surface area contributed by atoms with Gasteiger partial charge in [0, 0.05) is 35.4 Å². The van der Waals surface area contributed by atoms with Gasteiger partial charge in [0.1, 0.15) is 11.1 Å². The zero-order valence-corrected chi connectivity index (χ0v) is 16.6. The van der Waals surface area contributed by atoms with Crippen molar-refractivity contribution in [3.05, 3.63) is 65.3 Å². The molecule has 0 unspecified atom stereocenters. The minimum atomic E-state index is -1.21. The van der Waals surface area contributed by atoms with E-state index in [1.54, 1.807) is 13.2 Å². The second kappa shape index (κ2) is 8.77. The van der Waals surface area contributed by atoms with Crippen LogP contribution in [0.15, 0.2) is 43.1 Å². The number of aryl methyl sites for hydroxylation is 2. The number of carbonyl (C=O) groups excluding carboxylic acids is 1. The van der Waals surface area contributed by atoms with Gasteiger partial charge in [-0.3, -0.25) is 9.59 Å². The van der Waals surface area contributed by atoms with Crippen molar-refractivity contribution in [2.45, 2.75) is 0 Å². The van der Waals surface area contributed by atoms with Crippen LogP contribution >= 0.6 is 31.9 Å². The van der Waals surface area contributed by atoms with Crippen molar-refractivity contribution in [2.75, 3.05) is 7.11 Å². The Morgan fingerprint density at radius 3 is 1.76 bits per heavy atom. The minimum absolute atomic E-state index is 0.0272. The molecular weight excluding hydrogens is 464 g/mol. The molecule has 2 heterocycles. The van der Waals surface area contributed by atoms with E-state index in [0.29, 0.717) is 8.95 Å².